The molecule has 3 atom stereocenters. The molecule has 19 heavy (non-hydrogen) atoms. The summed E-state index contributed by atoms with van der Waals surface area (Å²) in [4.78, 5) is 24.1. The molecule has 0 aromatic carbocycles. The number of hydrogen-bond acceptors (Lipinski definition) is 4. The quantitative estimate of drug-likeness (QED) is 0.587. The molecule has 112 valence electrons. The van der Waals surface area contributed by atoms with Gasteiger partial charge >= 0.3 is 5.97 Å². The van der Waals surface area contributed by atoms with E-state index in [2.05, 4.69) is 5.32 Å². The normalized spacial score (nSPS) is 16.3. The van der Waals surface area contributed by atoms with Crippen molar-refractivity contribution in [2.75, 3.05) is 18.6 Å². The van der Waals surface area contributed by atoms with E-state index in [1.54, 1.807) is 20.1 Å². The zero-order valence-corrected chi connectivity index (χ0v) is 13.4. The van der Waals surface area contributed by atoms with Gasteiger partial charge in [-0.1, -0.05) is 20.8 Å². The van der Waals surface area contributed by atoms with Crippen LogP contribution in [0.3, 0.4) is 0 Å². The second-order valence-electron chi connectivity index (χ2n) is 5.70. The van der Waals surface area contributed by atoms with Gasteiger partial charge < -0.3 is 10.1 Å². The lowest BCUT2D eigenvalue weighted by Crippen LogP contribution is -2.47. The Morgan fingerprint density at radius 3 is 2.21 bits per heavy atom. The van der Waals surface area contributed by atoms with Crippen LogP contribution in [0.2, 0.25) is 0 Å². The number of carbonyl (C=O) groups is 2. The van der Waals surface area contributed by atoms with Crippen molar-refractivity contribution in [3.05, 3.63) is 0 Å². The third kappa shape index (κ3) is 6.71. The Morgan fingerprint density at radius 2 is 1.84 bits per heavy atom. The summed E-state index contributed by atoms with van der Waals surface area (Å²) in [5.41, 5.74) is -0.526. The minimum absolute atomic E-state index is 0.238. The summed E-state index contributed by atoms with van der Waals surface area (Å²) >= 11 is 0. The number of rotatable bonds is 6. The molecule has 0 spiro atoms. The van der Waals surface area contributed by atoms with E-state index in [1.165, 1.54) is 0 Å². The van der Waals surface area contributed by atoms with Gasteiger partial charge in [-0.05, 0) is 19.3 Å². The number of hydrogen-bond donors (Lipinski definition) is 1. The van der Waals surface area contributed by atoms with E-state index < -0.39 is 28.1 Å². The van der Waals surface area contributed by atoms with Crippen LogP contribution in [0.25, 0.3) is 0 Å². The summed E-state index contributed by atoms with van der Waals surface area (Å²) in [7, 11) is -0.991. The highest BCUT2D eigenvalue weighted by molar-refractivity contribution is 7.84. The molecule has 0 fully saturated rings. The molecule has 0 saturated carbocycles. The van der Waals surface area contributed by atoms with E-state index in [4.69, 9.17) is 4.74 Å². The fourth-order valence-electron chi connectivity index (χ4n) is 1.80. The van der Waals surface area contributed by atoms with Gasteiger partial charge in [0.1, 0.15) is 5.92 Å². The molecule has 0 aliphatic carbocycles. The second kappa shape index (κ2) is 7.62. The molecule has 6 heteroatoms. The lowest BCUT2D eigenvalue weighted by molar-refractivity contribution is -0.156. The van der Waals surface area contributed by atoms with Crippen LogP contribution < -0.4 is 5.32 Å². The fraction of sp³-hybridized carbons (Fsp3) is 0.846. The van der Waals surface area contributed by atoms with Gasteiger partial charge in [-0.15, -0.1) is 0 Å². The van der Waals surface area contributed by atoms with Gasteiger partial charge in [0.2, 0.25) is 5.91 Å². The summed E-state index contributed by atoms with van der Waals surface area (Å²) in [6.45, 7) is 9.17. The summed E-state index contributed by atoms with van der Waals surface area (Å²) in [5, 5.41) is 2.72. The van der Waals surface area contributed by atoms with Gasteiger partial charge in [-0.2, -0.15) is 0 Å². The Kier molecular flexibility index (Phi) is 7.26. The first-order valence-electron chi connectivity index (χ1n) is 6.36. The van der Waals surface area contributed by atoms with Crippen LogP contribution in [0.5, 0.6) is 0 Å². The molecule has 0 aliphatic rings. The van der Waals surface area contributed by atoms with Crippen molar-refractivity contribution in [3.8, 4) is 0 Å². The van der Waals surface area contributed by atoms with Crippen LogP contribution in [0, 0.1) is 11.3 Å². The minimum Gasteiger partial charge on any atom is -0.465 e. The predicted octanol–water partition coefficient (Wildman–Crippen LogP) is 1.09. The maximum Gasteiger partial charge on any atom is 0.319 e. The van der Waals surface area contributed by atoms with Crippen LogP contribution in [0.15, 0.2) is 0 Å². The van der Waals surface area contributed by atoms with E-state index >= 15 is 0 Å². The highest BCUT2D eigenvalue weighted by atomic mass is 32.2. The smallest absolute Gasteiger partial charge is 0.319 e. The first-order valence-corrected chi connectivity index (χ1v) is 8.09. The van der Waals surface area contributed by atoms with Gasteiger partial charge in [0.25, 0.3) is 0 Å². The Hall–Kier alpha value is -0.910. The van der Waals surface area contributed by atoms with E-state index in [-0.39, 0.29) is 18.6 Å². The van der Waals surface area contributed by atoms with Gasteiger partial charge in [0.05, 0.1) is 6.61 Å². The maximum absolute atomic E-state index is 12.2. The molecule has 1 N–H and O–H groups in total. The van der Waals surface area contributed by atoms with Crippen molar-refractivity contribution >= 4 is 22.7 Å². The monoisotopic (exact) mass is 291 g/mol. The standard InChI is InChI=1S/C13H25NO4S/c1-7-18-12(16)10(13(3,4)5)11(15)14-9(2)8-19(6)17/h9-10H,7-8H2,1-6H3,(H,14,15). The number of carbonyl (C=O) groups excluding carboxylic acids is 2. The lowest BCUT2D eigenvalue weighted by atomic mass is 9.80. The number of amides is 1. The maximum atomic E-state index is 12.2. The molecule has 0 aliphatic heterocycles. The molecule has 1 amide bonds. The lowest BCUT2D eigenvalue weighted by Gasteiger charge is -2.28. The van der Waals surface area contributed by atoms with Crippen LogP contribution in [0.4, 0.5) is 0 Å². The SMILES string of the molecule is CCOC(=O)C(C(=O)NC(C)CS(C)=O)C(C)(C)C. The molecule has 0 aromatic rings. The number of esters is 1. The zero-order valence-electron chi connectivity index (χ0n) is 12.6. The summed E-state index contributed by atoms with van der Waals surface area (Å²) in [6, 6.07) is -0.238. The van der Waals surface area contributed by atoms with Crippen LogP contribution in [0.1, 0.15) is 34.6 Å². The average molecular weight is 291 g/mol. The molecule has 3 unspecified atom stereocenters. The van der Waals surface area contributed by atoms with E-state index in [0.717, 1.165) is 0 Å². The fourth-order valence-corrected chi connectivity index (χ4v) is 2.59. The summed E-state index contributed by atoms with van der Waals surface area (Å²) in [5.74, 6) is -1.38. The number of nitrogens with one attached hydrogen (secondary N) is 1. The molecular weight excluding hydrogens is 266 g/mol. The van der Waals surface area contributed by atoms with E-state index in [9.17, 15) is 13.8 Å². The summed E-state index contributed by atoms with van der Waals surface area (Å²) < 4.78 is 16.1. The Balaban J connectivity index is 4.83. The van der Waals surface area contributed by atoms with Crippen LogP contribution in [-0.4, -0.2) is 40.7 Å². The molecular formula is C13H25NO4S. The predicted molar refractivity (Wildman–Crippen MR) is 76.1 cm³/mol. The largest absolute Gasteiger partial charge is 0.465 e. The topological polar surface area (TPSA) is 72.5 Å². The van der Waals surface area contributed by atoms with Crippen molar-refractivity contribution in [2.45, 2.75) is 40.7 Å². The molecule has 0 aromatic heterocycles. The second-order valence-corrected chi connectivity index (χ2v) is 7.18. The van der Waals surface area contributed by atoms with Gasteiger partial charge in [0.15, 0.2) is 0 Å². The number of ether oxygens (including phenoxy) is 1. The molecule has 0 saturated heterocycles. The van der Waals surface area contributed by atoms with E-state index in [0.29, 0.717) is 5.75 Å². The van der Waals surface area contributed by atoms with Crippen LogP contribution >= 0.6 is 0 Å². The first kappa shape index (κ1) is 18.1. The highest BCUT2D eigenvalue weighted by Crippen LogP contribution is 2.27. The van der Waals surface area contributed by atoms with Crippen molar-refractivity contribution in [1.29, 1.82) is 0 Å². The third-order valence-corrected chi connectivity index (χ3v) is 3.49. The zero-order chi connectivity index (χ0) is 15.2. The van der Waals surface area contributed by atoms with Gasteiger partial charge in [-0.3, -0.25) is 13.8 Å². The Morgan fingerprint density at radius 1 is 1.32 bits per heavy atom. The average Bonchev–Trinajstić information content (AvgIpc) is 2.12. The Bertz CT molecular complexity index is 349. The molecule has 0 radical (unpaired) electrons. The molecule has 0 heterocycles. The van der Waals surface area contributed by atoms with Crippen molar-refractivity contribution < 1.29 is 18.5 Å². The molecule has 5 nitrogen and oxygen atoms in total. The summed E-state index contributed by atoms with van der Waals surface area (Å²) in [6.07, 6.45) is 1.58. The van der Waals surface area contributed by atoms with Crippen molar-refractivity contribution in [1.82, 2.24) is 5.32 Å². The highest BCUT2D eigenvalue weighted by Gasteiger charge is 2.39. The molecule has 0 rings (SSSR count). The molecule has 0 bridgehead atoms. The van der Waals surface area contributed by atoms with Crippen molar-refractivity contribution in [3.63, 3.8) is 0 Å². The minimum atomic E-state index is -0.991. The Labute approximate surface area is 117 Å². The third-order valence-electron chi connectivity index (χ3n) is 2.52. The first-order chi connectivity index (χ1) is 8.59. The van der Waals surface area contributed by atoms with Crippen LogP contribution in [-0.2, 0) is 25.1 Å². The van der Waals surface area contributed by atoms with Gasteiger partial charge in [-0.25, -0.2) is 0 Å². The van der Waals surface area contributed by atoms with Gasteiger partial charge in [0, 0.05) is 28.9 Å². The van der Waals surface area contributed by atoms with Crippen molar-refractivity contribution in [2.24, 2.45) is 11.3 Å². The van der Waals surface area contributed by atoms with E-state index in [1.807, 2.05) is 20.8 Å².